The highest BCUT2D eigenvalue weighted by atomic mass is 16.5. The molecule has 3 rings (SSSR count). The van der Waals surface area contributed by atoms with Crippen molar-refractivity contribution >= 4 is 10.8 Å². The third-order valence-electron chi connectivity index (χ3n) is 4.20. The first-order valence-corrected chi connectivity index (χ1v) is 8.22. The van der Waals surface area contributed by atoms with Crippen LogP contribution < -0.4 is 19.5 Å². The molecule has 25 heavy (non-hydrogen) atoms. The number of ether oxygens (including phenoxy) is 3. The van der Waals surface area contributed by atoms with E-state index in [1.54, 1.807) is 21.3 Å². The molecule has 0 aliphatic rings. The van der Waals surface area contributed by atoms with Gasteiger partial charge in [0.15, 0.2) is 11.5 Å². The zero-order valence-electron chi connectivity index (χ0n) is 14.8. The fraction of sp³-hybridized carbons (Fsp3) is 0.238. The van der Waals surface area contributed by atoms with Crippen molar-refractivity contribution in [3.63, 3.8) is 0 Å². The van der Waals surface area contributed by atoms with Gasteiger partial charge in [-0.25, -0.2) is 0 Å². The third kappa shape index (κ3) is 3.86. The van der Waals surface area contributed by atoms with Crippen molar-refractivity contribution < 1.29 is 14.2 Å². The van der Waals surface area contributed by atoms with Crippen molar-refractivity contribution in [1.82, 2.24) is 5.32 Å². The maximum atomic E-state index is 5.40. The molecule has 4 heteroatoms. The van der Waals surface area contributed by atoms with Gasteiger partial charge < -0.3 is 19.5 Å². The molecule has 0 aliphatic carbocycles. The minimum absolute atomic E-state index is 0.614. The van der Waals surface area contributed by atoms with E-state index in [4.69, 9.17) is 14.2 Å². The number of nitrogens with one attached hydrogen (secondary N) is 1. The Morgan fingerprint density at radius 3 is 1.96 bits per heavy atom. The molecule has 4 nitrogen and oxygen atoms in total. The molecule has 3 aromatic rings. The molecule has 0 saturated carbocycles. The number of hydrogen-bond acceptors (Lipinski definition) is 4. The monoisotopic (exact) mass is 337 g/mol. The van der Waals surface area contributed by atoms with Gasteiger partial charge in [0.2, 0.25) is 5.75 Å². The summed E-state index contributed by atoms with van der Waals surface area (Å²) in [5.74, 6) is 1.96. The summed E-state index contributed by atoms with van der Waals surface area (Å²) in [6.45, 7) is 1.50. The Kier molecular flexibility index (Phi) is 5.41. The van der Waals surface area contributed by atoms with Crippen LogP contribution in [0.4, 0.5) is 0 Å². The fourth-order valence-corrected chi connectivity index (χ4v) is 2.94. The van der Waals surface area contributed by atoms with Gasteiger partial charge in [0.05, 0.1) is 21.3 Å². The number of hydrogen-bond donors (Lipinski definition) is 1. The molecule has 130 valence electrons. The average molecular weight is 337 g/mol. The molecular formula is C21H23NO3. The summed E-state index contributed by atoms with van der Waals surface area (Å²) in [5.41, 5.74) is 2.33. The molecule has 0 radical (unpaired) electrons. The van der Waals surface area contributed by atoms with Crippen LogP contribution in [-0.2, 0) is 13.1 Å². The fourth-order valence-electron chi connectivity index (χ4n) is 2.94. The molecule has 0 heterocycles. The van der Waals surface area contributed by atoms with E-state index in [1.807, 2.05) is 12.1 Å². The normalized spacial score (nSPS) is 10.7. The first kappa shape index (κ1) is 17.1. The van der Waals surface area contributed by atoms with Crippen LogP contribution in [0.1, 0.15) is 11.1 Å². The van der Waals surface area contributed by atoms with Gasteiger partial charge in [-0.1, -0.05) is 36.4 Å². The molecule has 0 aromatic heterocycles. The van der Waals surface area contributed by atoms with Crippen LogP contribution >= 0.6 is 0 Å². The van der Waals surface area contributed by atoms with Gasteiger partial charge in [0.25, 0.3) is 0 Å². The second-order valence-corrected chi connectivity index (χ2v) is 5.82. The lowest BCUT2D eigenvalue weighted by molar-refractivity contribution is 0.323. The van der Waals surface area contributed by atoms with Crippen molar-refractivity contribution in [2.45, 2.75) is 13.1 Å². The Bertz CT molecular complexity index is 836. The second kappa shape index (κ2) is 7.90. The molecule has 0 saturated heterocycles. The van der Waals surface area contributed by atoms with E-state index in [-0.39, 0.29) is 0 Å². The minimum atomic E-state index is 0.614. The van der Waals surface area contributed by atoms with Crippen LogP contribution in [-0.4, -0.2) is 21.3 Å². The topological polar surface area (TPSA) is 39.7 Å². The number of benzene rings is 3. The molecule has 0 aliphatic heterocycles. The predicted molar refractivity (Wildman–Crippen MR) is 101 cm³/mol. The predicted octanol–water partition coefficient (Wildman–Crippen LogP) is 4.16. The van der Waals surface area contributed by atoms with Gasteiger partial charge in [0, 0.05) is 13.1 Å². The van der Waals surface area contributed by atoms with E-state index < -0.39 is 0 Å². The van der Waals surface area contributed by atoms with E-state index in [0.717, 1.165) is 12.1 Å². The summed E-state index contributed by atoms with van der Waals surface area (Å²) < 4.78 is 16.2. The zero-order valence-corrected chi connectivity index (χ0v) is 14.8. The zero-order chi connectivity index (χ0) is 17.6. The molecule has 0 atom stereocenters. The molecule has 0 spiro atoms. The van der Waals surface area contributed by atoms with Gasteiger partial charge in [-0.3, -0.25) is 0 Å². The summed E-state index contributed by atoms with van der Waals surface area (Å²) in [7, 11) is 4.87. The number of fused-ring (bicyclic) bond motifs is 1. The molecule has 3 aromatic carbocycles. The van der Waals surface area contributed by atoms with Crippen LogP contribution in [0.2, 0.25) is 0 Å². The van der Waals surface area contributed by atoms with Gasteiger partial charge in [-0.05, 0) is 40.1 Å². The number of methoxy groups -OCH3 is 3. The average Bonchev–Trinajstić information content (AvgIpc) is 2.67. The minimum Gasteiger partial charge on any atom is -0.493 e. The highest BCUT2D eigenvalue weighted by Gasteiger charge is 2.12. The summed E-state index contributed by atoms with van der Waals surface area (Å²) in [6.07, 6.45) is 0. The van der Waals surface area contributed by atoms with E-state index in [2.05, 4.69) is 47.8 Å². The Morgan fingerprint density at radius 2 is 1.32 bits per heavy atom. The Labute approximate surface area is 148 Å². The molecule has 0 unspecified atom stereocenters. The summed E-state index contributed by atoms with van der Waals surface area (Å²) in [6, 6.07) is 18.9. The van der Waals surface area contributed by atoms with E-state index >= 15 is 0 Å². The summed E-state index contributed by atoms with van der Waals surface area (Å²) >= 11 is 0. The number of rotatable bonds is 7. The summed E-state index contributed by atoms with van der Waals surface area (Å²) in [4.78, 5) is 0. The molecule has 0 amide bonds. The first-order valence-electron chi connectivity index (χ1n) is 8.22. The molecule has 0 bridgehead atoms. The van der Waals surface area contributed by atoms with E-state index in [0.29, 0.717) is 23.8 Å². The van der Waals surface area contributed by atoms with Gasteiger partial charge in [-0.15, -0.1) is 0 Å². The standard InChI is InChI=1S/C21H23NO3/c1-23-19-11-16(12-20(24-2)21(19)25-3)14-22-13-15-8-9-17-6-4-5-7-18(17)10-15/h4-12,22H,13-14H2,1-3H3. The van der Waals surface area contributed by atoms with Crippen LogP contribution in [0.25, 0.3) is 10.8 Å². The quantitative estimate of drug-likeness (QED) is 0.703. The summed E-state index contributed by atoms with van der Waals surface area (Å²) in [5, 5.41) is 5.99. The highest BCUT2D eigenvalue weighted by Crippen LogP contribution is 2.38. The van der Waals surface area contributed by atoms with Crippen LogP contribution in [0, 0.1) is 0 Å². The Balaban J connectivity index is 1.70. The van der Waals surface area contributed by atoms with Crippen LogP contribution in [0.15, 0.2) is 54.6 Å². The van der Waals surface area contributed by atoms with Crippen molar-refractivity contribution in [2.75, 3.05) is 21.3 Å². The third-order valence-corrected chi connectivity index (χ3v) is 4.20. The van der Waals surface area contributed by atoms with Crippen molar-refractivity contribution in [2.24, 2.45) is 0 Å². The maximum absolute atomic E-state index is 5.40. The molecular weight excluding hydrogens is 314 g/mol. The van der Waals surface area contributed by atoms with Gasteiger partial charge in [0.1, 0.15) is 0 Å². The SMILES string of the molecule is COc1cc(CNCc2ccc3ccccc3c2)cc(OC)c1OC. The van der Waals surface area contributed by atoms with Crippen molar-refractivity contribution in [1.29, 1.82) is 0 Å². The van der Waals surface area contributed by atoms with Crippen molar-refractivity contribution in [3.05, 3.63) is 65.7 Å². The van der Waals surface area contributed by atoms with Crippen LogP contribution in [0.5, 0.6) is 17.2 Å². The lowest BCUT2D eigenvalue weighted by Crippen LogP contribution is -2.13. The van der Waals surface area contributed by atoms with Crippen molar-refractivity contribution in [3.8, 4) is 17.2 Å². The second-order valence-electron chi connectivity index (χ2n) is 5.82. The van der Waals surface area contributed by atoms with E-state index in [9.17, 15) is 0 Å². The lowest BCUT2D eigenvalue weighted by atomic mass is 10.1. The van der Waals surface area contributed by atoms with E-state index in [1.165, 1.54) is 16.3 Å². The molecule has 0 fully saturated rings. The Morgan fingerprint density at radius 1 is 0.680 bits per heavy atom. The smallest absolute Gasteiger partial charge is 0.203 e. The largest absolute Gasteiger partial charge is 0.493 e. The van der Waals surface area contributed by atoms with Gasteiger partial charge in [-0.2, -0.15) is 0 Å². The first-order chi connectivity index (χ1) is 12.2. The van der Waals surface area contributed by atoms with Gasteiger partial charge >= 0.3 is 0 Å². The van der Waals surface area contributed by atoms with Crippen LogP contribution in [0.3, 0.4) is 0 Å². The molecule has 1 N–H and O–H groups in total. The Hall–Kier alpha value is -2.72. The highest BCUT2D eigenvalue weighted by molar-refractivity contribution is 5.82. The maximum Gasteiger partial charge on any atom is 0.203 e. The lowest BCUT2D eigenvalue weighted by Gasteiger charge is -2.14.